The second-order valence-electron chi connectivity index (χ2n) is 6.82. The fraction of sp³-hybridized carbons (Fsp3) is 0.0435. The Bertz CT molecular complexity index is 1450. The van der Waals surface area contributed by atoms with E-state index >= 15 is 0 Å². The fourth-order valence-electron chi connectivity index (χ4n) is 3.28. The van der Waals surface area contributed by atoms with Crippen LogP contribution in [-0.4, -0.2) is 26.5 Å². The van der Waals surface area contributed by atoms with Crippen LogP contribution in [0.3, 0.4) is 0 Å². The Morgan fingerprint density at radius 1 is 0.969 bits per heavy atom. The van der Waals surface area contributed by atoms with E-state index in [9.17, 15) is 13.2 Å². The molecule has 1 N–H and O–H groups in total. The van der Waals surface area contributed by atoms with Gasteiger partial charge >= 0.3 is 5.97 Å². The van der Waals surface area contributed by atoms with E-state index in [2.05, 4.69) is 14.4 Å². The highest BCUT2D eigenvalue weighted by molar-refractivity contribution is 7.92. The maximum atomic E-state index is 13.0. The van der Waals surface area contributed by atoms with Crippen molar-refractivity contribution < 1.29 is 17.9 Å². The fourth-order valence-corrected chi connectivity index (χ4v) is 5.08. The molecule has 0 radical (unpaired) electrons. The molecule has 0 saturated heterocycles. The van der Waals surface area contributed by atoms with Gasteiger partial charge in [-0.15, -0.1) is 0 Å². The average molecular weight is 487 g/mol. The van der Waals surface area contributed by atoms with E-state index in [1.807, 2.05) is 30.3 Å². The van der Waals surface area contributed by atoms with Gasteiger partial charge in [-0.3, -0.25) is 9.71 Å². The Balaban J connectivity index is 1.72. The van der Waals surface area contributed by atoms with Gasteiger partial charge in [0.2, 0.25) is 0 Å². The van der Waals surface area contributed by atoms with Crippen molar-refractivity contribution in [2.75, 3.05) is 11.8 Å². The summed E-state index contributed by atoms with van der Waals surface area (Å²) in [4.78, 5) is 15.9. The highest BCUT2D eigenvalue weighted by Gasteiger charge is 2.21. The smallest absolute Gasteiger partial charge is 0.337 e. The molecular weight excluding hydrogens is 471 g/mol. The summed E-state index contributed by atoms with van der Waals surface area (Å²) >= 11 is 12.6. The van der Waals surface area contributed by atoms with Gasteiger partial charge in [0.15, 0.2) is 0 Å². The van der Waals surface area contributed by atoms with Crippen molar-refractivity contribution in [1.29, 1.82) is 0 Å². The van der Waals surface area contributed by atoms with Gasteiger partial charge in [0.25, 0.3) is 10.0 Å². The molecule has 0 saturated carbocycles. The molecule has 6 nitrogen and oxygen atoms in total. The zero-order valence-electron chi connectivity index (χ0n) is 16.7. The number of hydrogen-bond donors (Lipinski definition) is 1. The number of sulfonamides is 1. The number of aromatic nitrogens is 1. The summed E-state index contributed by atoms with van der Waals surface area (Å²) in [6.45, 7) is 0. The molecule has 162 valence electrons. The second kappa shape index (κ2) is 8.78. The van der Waals surface area contributed by atoms with Crippen LogP contribution < -0.4 is 4.72 Å². The Morgan fingerprint density at radius 2 is 1.75 bits per heavy atom. The monoisotopic (exact) mass is 486 g/mol. The normalized spacial score (nSPS) is 11.3. The van der Waals surface area contributed by atoms with E-state index in [1.54, 1.807) is 24.4 Å². The first-order valence-corrected chi connectivity index (χ1v) is 11.6. The number of fused-ring (bicyclic) bond motifs is 1. The number of hydrogen-bond acceptors (Lipinski definition) is 5. The molecule has 1 heterocycles. The number of carbonyl (C=O) groups excluding carboxylic acids is 1. The zero-order valence-corrected chi connectivity index (χ0v) is 19.0. The zero-order chi connectivity index (χ0) is 22.9. The third kappa shape index (κ3) is 4.27. The van der Waals surface area contributed by atoms with Crippen molar-refractivity contribution in [2.24, 2.45) is 0 Å². The molecule has 0 aliphatic carbocycles. The Kier molecular flexibility index (Phi) is 6.06. The van der Waals surface area contributed by atoms with Crippen molar-refractivity contribution in [1.82, 2.24) is 4.98 Å². The van der Waals surface area contributed by atoms with Crippen LogP contribution in [0.25, 0.3) is 22.0 Å². The minimum absolute atomic E-state index is 0.106. The third-order valence-corrected chi connectivity index (χ3v) is 6.98. The largest absolute Gasteiger partial charge is 0.465 e. The molecule has 1 aromatic heterocycles. The Morgan fingerprint density at radius 3 is 2.50 bits per heavy atom. The molecule has 0 unspecified atom stereocenters. The Labute approximate surface area is 194 Å². The van der Waals surface area contributed by atoms with Gasteiger partial charge in [-0.1, -0.05) is 47.5 Å². The molecule has 0 bridgehead atoms. The van der Waals surface area contributed by atoms with Gasteiger partial charge in [0, 0.05) is 22.8 Å². The minimum atomic E-state index is -4.05. The number of rotatable bonds is 5. The van der Waals surface area contributed by atoms with Crippen LogP contribution in [0.2, 0.25) is 10.0 Å². The number of pyridine rings is 1. The first kappa shape index (κ1) is 22.1. The molecule has 0 atom stereocenters. The summed E-state index contributed by atoms with van der Waals surface area (Å²) < 4.78 is 33.1. The van der Waals surface area contributed by atoms with Gasteiger partial charge in [-0.2, -0.15) is 0 Å². The van der Waals surface area contributed by atoms with Crippen molar-refractivity contribution in [3.05, 3.63) is 88.5 Å². The topological polar surface area (TPSA) is 85.4 Å². The first-order valence-electron chi connectivity index (χ1n) is 9.34. The predicted octanol–water partition coefficient (Wildman–Crippen LogP) is 5.80. The summed E-state index contributed by atoms with van der Waals surface area (Å²) in [5.74, 6) is -0.617. The molecule has 0 aliphatic rings. The standard InChI is InChI=1S/C23H16Cl2N2O4S/c1-31-23(28)15-6-9-21(20(25)12-15)32(29,30)27-16-7-8-19(24)18(13-16)22-17-5-3-2-4-14(17)10-11-26-22/h2-13,27H,1H3. The van der Waals surface area contributed by atoms with Gasteiger partial charge in [-0.25, -0.2) is 13.2 Å². The molecule has 0 spiro atoms. The maximum Gasteiger partial charge on any atom is 0.337 e. The van der Waals surface area contributed by atoms with E-state index in [0.717, 1.165) is 10.8 Å². The highest BCUT2D eigenvalue weighted by Crippen LogP contribution is 2.34. The van der Waals surface area contributed by atoms with Gasteiger partial charge in [-0.05, 0) is 47.9 Å². The lowest BCUT2D eigenvalue weighted by Crippen LogP contribution is -2.14. The van der Waals surface area contributed by atoms with Crippen molar-refractivity contribution in [2.45, 2.75) is 4.90 Å². The number of nitrogens with one attached hydrogen (secondary N) is 1. The van der Waals surface area contributed by atoms with Crippen LogP contribution in [0.5, 0.6) is 0 Å². The summed E-state index contributed by atoms with van der Waals surface area (Å²) in [6.07, 6.45) is 1.67. The van der Waals surface area contributed by atoms with E-state index in [-0.39, 0.29) is 21.2 Å². The minimum Gasteiger partial charge on any atom is -0.465 e. The lowest BCUT2D eigenvalue weighted by molar-refractivity contribution is 0.0600. The molecule has 0 aliphatic heterocycles. The predicted molar refractivity (Wildman–Crippen MR) is 126 cm³/mol. The molecule has 0 fully saturated rings. The summed E-state index contributed by atoms with van der Waals surface area (Å²) in [7, 11) is -2.82. The number of halogens is 2. The number of anilines is 1. The third-order valence-electron chi connectivity index (χ3n) is 4.79. The quantitative estimate of drug-likeness (QED) is 0.360. The highest BCUT2D eigenvalue weighted by atomic mass is 35.5. The molecule has 9 heteroatoms. The van der Waals surface area contributed by atoms with Crippen LogP contribution in [0, 0.1) is 0 Å². The maximum absolute atomic E-state index is 13.0. The average Bonchev–Trinajstić information content (AvgIpc) is 2.79. The Hall–Kier alpha value is -3.13. The summed E-state index contributed by atoms with van der Waals surface area (Å²) in [6, 6.07) is 18.2. The number of esters is 1. The first-order chi connectivity index (χ1) is 15.3. The van der Waals surface area contributed by atoms with Crippen LogP contribution in [-0.2, 0) is 14.8 Å². The molecule has 4 rings (SSSR count). The molecular formula is C23H16Cl2N2O4S. The molecule has 32 heavy (non-hydrogen) atoms. The summed E-state index contributed by atoms with van der Waals surface area (Å²) in [5.41, 5.74) is 1.64. The summed E-state index contributed by atoms with van der Waals surface area (Å²) in [5, 5.41) is 2.19. The molecule has 0 amide bonds. The lowest BCUT2D eigenvalue weighted by atomic mass is 10.0. The molecule has 3 aromatic carbocycles. The lowest BCUT2D eigenvalue weighted by Gasteiger charge is -2.13. The van der Waals surface area contributed by atoms with E-state index < -0.39 is 16.0 Å². The number of benzene rings is 3. The number of nitrogens with zero attached hydrogens (tertiary/aromatic N) is 1. The van der Waals surface area contributed by atoms with Crippen LogP contribution in [0.1, 0.15) is 10.4 Å². The van der Waals surface area contributed by atoms with Crippen molar-refractivity contribution in [3.63, 3.8) is 0 Å². The van der Waals surface area contributed by atoms with Gasteiger partial charge in [0.1, 0.15) is 4.90 Å². The van der Waals surface area contributed by atoms with Crippen molar-refractivity contribution >= 4 is 55.7 Å². The van der Waals surface area contributed by atoms with Crippen LogP contribution >= 0.6 is 23.2 Å². The van der Waals surface area contributed by atoms with Crippen LogP contribution in [0.4, 0.5) is 5.69 Å². The SMILES string of the molecule is COC(=O)c1ccc(S(=O)(=O)Nc2ccc(Cl)c(-c3nccc4ccccc34)c2)c(Cl)c1. The van der Waals surface area contributed by atoms with E-state index in [1.165, 1.54) is 25.3 Å². The number of methoxy groups -OCH3 is 1. The van der Waals surface area contributed by atoms with Crippen molar-refractivity contribution in [3.8, 4) is 11.3 Å². The van der Waals surface area contributed by atoms with Gasteiger partial charge in [0.05, 0.1) is 28.4 Å². The van der Waals surface area contributed by atoms with E-state index in [0.29, 0.717) is 16.3 Å². The molecule has 4 aromatic rings. The van der Waals surface area contributed by atoms with Crippen LogP contribution in [0.15, 0.2) is 77.8 Å². The second-order valence-corrected chi connectivity index (χ2v) is 9.28. The number of ether oxygens (including phenoxy) is 1. The number of carbonyl (C=O) groups is 1. The van der Waals surface area contributed by atoms with Gasteiger partial charge < -0.3 is 4.74 Å². The van der Waals surface area contributed by atoms with E-state index in [4.69, 9.17) is 23.2 Å².